The van der Waals surface area contributed by atoms with E-state index in [2.05, 4.69) is 133 Å². The highest BCUT2D eigenvalue weighted by Gasteiger charge is 2.21. The molecule has 4 nitrogen and oxygen atoms in total. The smallest absolute Gasteiger partial charge is 0.145 e. The second-order valence-corrected chi connectivity index (χ2v) is 13.5. The highest BCUT2D eigenvalue weighted by atomic mass is 16.3. The zero-order chi connectivity index (χ0) is 32.1. The molecule has 0 radical (unpaired) electrons. The van der Waals surface area contributed by atoms with Gasteiger partial charge in [0.1, 0.15) is 22.3 Å². The summed E-state index contributed by atoms with van der Waals surface area (Å²) in [6.07, 6.45) is 4.27. The van der Waals surface area contributed by atoms with Crippen LogP contribution in [0.3, 0.4) is 0 Å². The molecule has 0 saturated carbocycles. The van der Waals surface area contributed by atoms with Crippen molar-refractivity contribution in [1.29, 1.82) is 0 Å². The minimum atomic E-state index is 0.730. The van der Waals surface area contributed by atoms with Gasteiger partial charge in [0.15, 0.2) is 0 Å². The second kappa shape index (κ2) is 10.3. The summed E-state index contributed by atoms with van der Waals surface area (Å²) in [6.45, 7) is 5.21. The van der Waals surface area contributed by atoms with E-state index in [4.69, 9.17) is 8.83 Å². The molecule has 0 aliphatic rings. The van der Waals surface area contributed by atoms with E-state index in [1.807, 2.05) is 0 Å². The summed E-state index contributed by atoms with van der Waals surface area (Å²) in [4.78, 5) is 0. The molecule has 234 valence electrons. The lowest BCUT2D eigenvalue weighted by Gasteiger charge is -2.08. The Morgan fingerprint density at radius 3 is 2.02 bits per heavy atom. The molecular weight excluding hydrogens is 588 g/mol. The van der Waals surface area contributed by atoms with E-state index in [1.165, 1.54) is 76.5 Å². The van der Waals surface area contributed by atoms with Crippen LogP contribution in [0, 0.1) is 0 Å². The van der Waals surface area contributed by atoms with Crippen molar-refractivity contribution in [3.8, 4) is 0 Å². The fraction of sp³-hybridized carbons (Fsp3) is 0.182. The molecular formula is C44H36N2O2. The number of benzene rings is 6. The molecule has 10 rings (SSSR count). The summed E-state index contributed by atoms with van der Waals surface area (Å²) in [5, 5.41) is 9.69. The number of nitrogens with zero attached hydrogens (tertiary/aromatic N) is 2. The zero-order valence-electron chi connectivity index (χ0n) is 27.6. The highest BCUT2D eigenvalue weighted by Crippen LogP contribution is 2.42. The fourth-order valence-corrected chi connectivity index (χ4v) is 8.52. The predicted molar refractivity (Wildman–Crippen MR) is 202 cm³/mol. The number of aromatic nitrogens is 2. The Balaban J connectivity index is 1.16. The molecule has 0 atom stereocenters. The third kappa shape index (κ3) is 3.71. The number of fused-ring (bicyclic) bond motifs is 14. The molecule has 6 aromatic carbocycles. The lowest BCUT2D eigenvalue weighted by atomic mass is 10.0. The first-order valence-electron chi connectivity index (χ1n) is 17.3. The van der Waals surface area contributed by atoms with Gasteiger partial charge in [-0.1, -0.05) is 87.4 Å². The standard InChI is InChI=1S/C44H36N2O2/c1-4-10-27-12-9-17-35-39(27)41-36(45(35)3)22-20-31-29-19-18-26(24-38(29)47-44(31)41)25-46-34-16-7-6-14-33(34)40-37(46)23-21-32-30-15-8-13-28(11-5-2)42(30)48-43(32)40/h6-9,12-24H,4-5,10-11,25H2,1-3H3. The summed E-state index contributed by atoms with van der Waals surface area (Å²) in [6, 6.07) is 37.8. The Kier molecular flexibility index (Phi) is 5.90. The van der Waals surface area contributed by atoms with Crippen molar-refractivity contribution in [3.05, 3.63) is 120 Å². The summed E-state index contributed by atoms with van der Waals surface area (Å²) >= 11 is 0. The third-order valence-electron chi connectivity index (χ3n) is 10.6. The van der Waals surface area contributed by atoms with Crippen LogP contribution >= 0.6 is 0 Å². The van der Waals surface area contributed by atoms with Crippen molar-refractivity contribution >= 4 is 87.5 Å². The molecule has 0 unspecified atom stereocenters. The molecule has 0 aliphatic heterocycles. The van der Waals surface area contributed by atoms with Crippen LogP contribution in [0.2, 0.25) is 0 Å². The lowest BCUT2D eigenvalue weighted by molar-refractivity contribution is 0.665. The van der Waals surface area contributed by atoms with E-state index in [9.17, 15) is 0 Å². The molecule has 0 aliphatic carbocycles. The Bertz CT molecular complexity index is 2910. The SMILES string of the molecule is CCCc1cccc2c1oc1c2ccc2c1c1ccccc1n2Cc1ccc2c(c1)oc1c2ccc2c1c1c(CCC)cccc1n2C. The van der Waals surface area contributed by atoms with Crippen LogP contribution in [-0.4, -0.2) is 9.13 Å². The van der Waals surface area contributed by atoms with Gasteiger partial charge in [-0.25, -0.2) is 0 Å². The Hall–Kier alpha value is -5.48. The topological polar surface area (TPSA) is 36.1 Å². The molecule has 4 aromatic heterocycles. The summed E-state index contributed by atoms with van der Waals surface area (Å²) in [5.41, 5.74) is 12.7. The summed E-state index contributed by atoms with van der Waals surface area (Å²) < 4.78 is 18.4. The van der Waals surface area contributed by atoms with Gasteiger partial charge in [-0.05, 0) is 72.0 Å². The maximum absolute atomic E-state index is 6.84. The number of rotatable bonds is 6. The fourth-order valence-electron chi connectivity index (χ4n) is 8.52. The molecule has 0 bridgehead atoms. The maximum atomic E-state index is 6.84. The van der Waals surface area contributed by atoms with E-state index in [-0.39, 0.29) is 0 Å². The number of hydrogen-bond acceptors (Lipinski definition) is 2. The highest BCUT2D eigenvalue weighted by molar-refractivity contribution is 6.25. The van der Waals surface area contributed by atoms with Crippen molar-refractivity contribution in [2.24, 2.45) is 7.05 Å². The number of aryl methyl sites for hydroxylation is 3. The molecule has 0 fully saturated rings. The van der Waals surface area contributed by atoms with Crippen LogP contribution in [0.25, 0.3) is 87.5 Å². The van der Waals surface area contributed by atoms with E-state index in [0.717, 1.165) is 59.9 Å². The largest absolute Gasteiger partial charge is 0.455 e. The maximum Gasteiger partial charge on any atom is 0.145 e. The van der Waals surface area contributed by atoms with Gasteiger partial charge < -0.3 is 18.0 Å². The molecule has 0 spiro atoms. The Labute approximate surface area is 277 Å². The molecule has 48 heavy (non-hydrogen) atoms. The minimum Gasteiger partial charge on any atom is -0.455 e. The van der Waals surface area contributed by atoms with Crippen LogP contribution in [0.1, 0.15) is 43.4 Å². The van der Waals surface area contributed by atoms with Crippen LogP contribution in [0.5, 0.6) is 0 Å². The third-order valence-corrected chi connectivity index (χ3v) is 10.6. The van der Waals surface area contributed by atoms with Crippen molar-refractivity contribution in [2.45, 2.75) is 46.1 Å². The first-order valence-corrected chi connectivity index (χ1v) is 17.3. The van der Waals surface area contributed by atoms with E-state index in [0.29, 0.717) is 0 Å². The van der Waals surface area contributed by atoms with Crippen LogP contribution in [0.4, 0.5) is 0 Å². The first kappa shape index (κ1) is 27.6. The van der Waals surface area contributed by atoms with Gasteiger partial charge in [0, 0.05) is 56.9 Å². The Morgan fingerprint density at radius 2 is 1.15 bits per heavy atom. The van der Waals surface area contributed by atoms with Crippen LogP contribution in [0.15, 0.2) is 112 Å². The molecule has 0 N–H and O–H groups in total. The second-order valence-electron chi connectivity index (χ2n) is 13.5. The molecule has 4 heteroatoms. The van der Waals surface area contributed by atoms with Gasteiger partial charge >= 0.3 is 0 Å². The van der Waals surface area contributed by atoms with Crippen LogP contribution in [-0.2, 0) is 26.4 Å². The minimum absolute atomic E-state index is 0.730. The van der Waals surface area contributed by atoms with Crippen molar-refractivity contribution in [1.82, 2.24) is 9.13 Å². The molecule has 0 amide bonds. The molecule has 10 aromatic rings. The monoisotopic (exact) mass is 624 g/mol. The van der Waals surface area contributed by atoms with Crippen molar-refractivity contribution < 1.29 is 8.83 Å². The number of furan rings is 2. The van der Waals surface area contributed by atoms with Crippen molar-refractivity contribution in [2.75, 3.05) is 0 Å². The summed E-state index contributed by atoms with van der Waals surface area (Å²) in [5.74, 6) is 0. The predicted octanol–water partition coefficient (Wildman–Crippen LogP) is 12.2. The number of hydrogen-bond donors (Lipinski definition) is 0. The first-order chi connectivity index (χ1) is 23.6. The van der Waals surface area contributed by atoms with Crippen LogP contribution < -0.4 is 0 Å². The molecule has 0 saturated heterocycles. The average Bonchev–Trinajstić information content (AvgIpc) is 3.84. The summed E-state index contributed by atoms with van der Waals surface area (Å²) in [7, 11) is 2.17. The average molecular weight is 625 g/mol. The normalized spacial score (nSPS) is 12.5. The van der Waals surface area contributed by atoms with E-state index >= 15 is 0 Å². The van der Waals surface area contributed by atoms with Crippen molar-refractivity contribution in [3.63, 3.8) is 0 Å². The van der Waals surface area contributed by atoms with Gasteiger partial charge in [0.05, 0.1) is 21.8 Å². The Morgan fingerprint density at radius 1 is 0.500 bits per heavy atom. The lowest BCUT2D eigenvalue weighted by Crippen LogP contribution is -1.99. The van der Waals surface area contributed by atoms with Gasteiger partial charge in [-0.2, -0.15) is 0 Å². The van der Waals surface area contributed by atoms with Gasteiger partial charge in [-0.15, -0.1) is 0 Å². The van der Waals surface area contributed by atoms with E-state index in [1.54, 1.807) is 0 Å². The van der Waals surface area contributed by atoms with E-state index < -0.39 is 0 Å². The van der Waals surface area contributed by atoms with Gasteiger partial charge in [0.25, 0.3) is 0 Å². The van der Waals surface area contributed by atoms with Gasteiger partial charge in [0.2, 0.25) is 0 Å². The molecule has 4 heterocycles. The van der Waals surface area contributed by atoms with Gasteiger partial charge in [-0.3, -0.25) is 0 Å². The zero-order valence-corrected chi connectivity index (χ0v) is 27.6. The number of para-hydroxylation sites is 2. The quantitative estimate of drug-likeness (QED) is 0.185.